The fraction of sp³-hybridized carbons (Fsp3) is 0.211. The van der Waals surface area contributed by atoms with Gasteiger partial charge in [0.25, 0.3) is 5.89 Å². The summed E-state index contributed by atoms with van der Waals surface area (Å²) in [7, 11) is 4.75. The molecule has 0 atom stereocenters. The number of methoxy groups -OCH3 is 3. The van der Waals surface area contributed by atoms with Gasteiger partial charge in [0.1, 0.15) is 17.2 Å². The molecule has 0 radical (unpaired) electrons. The lowest BCUT2D eigenvalue weighted by Crippen LogP contribution is -1.93. The van der Waals surface area contributed by atoms with Gasteiger partial charge in [-0.1, -0.05) is 22.4 Å². The van der Waals surface area contributed by atoms with Gasteiger partial charge in [0.05, 0.1) is 33.1 Å². The number of nitrogens with zero attached hydrogens (tertiary/aromatic N) is 3. The number of aromatic nitrogens is 2. The smallest absolute Gasteiger partial charge is 0.267 e. The average molecular weight is 369 g/mol. The molecule has 8 heteroatoms. The number of hydrogen-bond acceptors (Lipinski definition) is 8. The highest BCUT2D eigenvalue weighted by atomic mass is 16.6. The second-order valence-electron chi connectivity index (χ2n) is 5.33. The van der Waals surface area contributed by atoms with Gasteiger partial charge in [-0.2, -0.15) is 4.98 Å². The van der Waals surface area contributed by atoms with E-state index in [1.165, 1.54) is 0 Å². The Bertz CT molecular complexity index is 923. The Labute approximate surface area is 156 Å². The maximum atomic E-state index is 5.35. The first kappa shape index (κ1) is 18.2. The molecule has 0 saturated carbocycles. The molecule has 2 aromatic carbocycles. The molecule has 27 heavy (non-hydrogen) atoms. The maximum Gasteiger partial charge on any atom is 0.267 e. The van der Waals surface area contributed by atoms with E-state index in [2.05, 4.69) is 15.3 Å². The first-order valence-electron chi connectivity index (χ1n) is 8.08. The topological polar surface area (TPSA) is 88.2 Å². The molecule has 0 amide bonds. The highest BCUT2D eigenvalue weighted by Crippen LogP contribution is 2.31. The van der Waals surface area contributed by atoms with E-state index in [-0.39, 0.29) is 6.61 Å². The van der Waals surface area contributed by atoms with Gasteiger partial charge in [-0.15, -0.1) is 0 Å². The van der Waals surface area contributed by atoms with Crippen LogP contribution in [0.4, 0.5) is 0 Å². The minimum Gasteiger partial charge on any atom is -0.497 e. The third-order valence-corrected chi connectivity index (χ3v) is 3.71. The lowest BCUT2D eigenvalue weighted by Gasteiger charge is -2.07. The van der Waals surface area contributed by atoms with Gasteiger partial charge in [0.2, 0.25) is 5.82 Å². The standard InChI is InChI=1S/C19H19N3O5/c1-23-14-8-9-15(17(10-14)25-3)19-21-18(27-22-19)12-26-20-11-13-6-4-5-7-16(13)24-2/h4-11H,12H2,1-3H3/b20-11-. The molecular formula is C19H19N3O5. The van der Waals surface area contributed by atoms with Gasteiger partial charge in [-0.05, 0) is 24.3 Å². The van der Waals surface area contributed by atoms with Gasteiger partial charge in [0.15, 0.2) is 6.61 Å². The van der Waals surface area contributed by atoms with E-state index in [1.54, 1.807) is 45.7 Å². The second kappa shape index (κ2) is 8.70. The largest absolute Gasteiger partial charge is 0.497 e. The van der Waals surface area contributed by atoms with Crippen molar-refractivity contribution in [3.63, 3.8) is 0 Å². The molecule has 0 N–H and O–H groups in total. The normalized spacial score (nSPS) is 10.8. The number of benzene rings is 2. The maximum absolute atomic E-state index is 5.35. The summed E-state index contributed by atoms with van der Waals surface area (Å²) >= 11 is 0. The summed E-state index contributed by atoms with van der Waals surface area (Å²) < 4.78 is 21.0. The number of ether oxygens (including phenoxy) is 3. The monoisotopic (exact) mass is 369 g/mol. The molecule has 0 aliphatic rings. The van der Waals surface area contributed by atoms with Crippen molar-refractivity contribution in [3.8, 4) is 28.6 Å². The average Bonchev–Trinajstić information content (AvgIpc) is 3.19. The Morgan fingerprint density at radius 1 is 1.00 bits per heavy atom. The van der Waals surface area contributed by atoms with Gasteiger partial charge < -0.3 is 23.6 Å². The Kier molecular flexibility index (Phi) is 5.88. The summed E-state index contributed by atoms with van der Waals surface area (Å²) in [6.45, 7) is 0.0388. The molecule has 140 valence electrons. The van der Waals surface area contributed by atoms with E-state index in [1.807, 2.05) is 24.3 Å². The van der Waals surface area contributed by atoms with Crippen LogP contribution in [0, 0.1) is 0 Å². The molecule has 3 rings (SSSR count). The highest BCUT2D eigenvalue weighted by molar-refractivity contribution is 5.83. The van der Waals surface area contributed by atoms with Crippen LogP contribution >= 0.6 is 0 Å². The molecular weight excluding hydrogens is 350 g/mol. The molecule has 0 spiro atoms. The van der Waals surface area contributed by atoms with E-state index >= 15 is 0 Å². The van der Waals surface area contributed by atoms with Crippen LogP contribution in [0.25, 0.3) is 11.4 Å². The Morgan fingerprint density at radius 2 is 1.81 bits per heavy atom. The van der Waals surface area contributed by atoms with Crippen LogP contribution in [-0.4, -0.2) is 37.7 Å². The van der Waals surface area contributed by atoms with Crippen LogP contribution < -0.4 is 14.2 Å². The fourth-order valence-corrected chi connectivity index (χ4v) is 2.37. The van der Waals surface area contributed by atoms with E-state index in [0.29, 0.717) is 34.5 Å². The summed E-state index contributed by atoms with van der Waals surface area (Å²) in [4.78, 5) is 9.53. The molecule has 1 heterocycles. The van der Waals surface area contributed by atoms with E-state index in [4.69, 9.17) is 23.6 Å². The van der Waals surface area contributed by atoms with Crippen LogP contribution in [0.3, 0.4) is 0 Å². The zero-order valence-electron chi connectivity index (χ0n) is 15.2. The lowest BCUT2D eigenvalue weighted by atomic mass is 10.2. The van der Waals surface area contributed by atoms with Crippen molar-refractivity contribution in [2.75, 3.05) is 21.3 Å². The highest BCUT2D eigenvalue weighted by Gasteiger charge is 2.14. The van der Waals surface area contributed by atoms with Crippen LogP contribution in [0.2, 0.25) is 0 Å². The van der Waals surface area contributed by atoms with Crippen molar-refractivity contribution < 1.29 is 23.6 Å². The third kappa shape index (κ3) is 4.35. The van der Waals surface area contributed by atoms with Crippen molar-refractivity contribution in [2.24, 2.45) is 5.16 Å². The Balaban J connectivity index is 1.66. The molecule has 0 fully saturated rings. The first-order valence-corrected chi connectivity index (χ1v) is 8.08. The van der Waals surface area contributed by atoms with Gasteiger partial charge in [-0.25, -0.2) is 0 Å². The summed E-state index contributed by atoms with van der Waals surface area (Å²) in [5.41, 5.74) is 1.49. The van der Waals surface area contributed by atoms with Crippen molar-refractivity contribution >= 4 is 6.21 Å². The molecule has 0 aliphatic carbocycles. The minimum absolute atomic E-state index is 0.0388. The predicted molar refractivity (Wildman–Crippen MR) is 98.2 cm³/mol. The molecule has 3 aromatic rings. The number of rotatable bonds is 8. The van der Waals surface area contributed by atoms with Crippen molar-refractivity contribution in [3.05, 3.63) is 53.9 Å². The molecule has 1 aromatic heterocycles. The predicted octanol–water partition coefficient (Wildman–Crippen LogP) is 3.31. The summed E-state index contributed by atoms with van der Waals surface area (Å²) in [5, 5.41) is 7.87. The molecule has 8 nitrogen and oxygen atoms in total. The molecule has 0 unspecified atom stereocenters. The summed E-state index contributed by atoms with van der Waals surface area (Å²) in [6.07, 6.45) is 1.56. The van der Waals surface area contributed by atoms with Crippen LogP contribution in [0.5, 0.6) is 17.2 Å². The van der Waals surface area contributed by atoms with Gasteiger partial charge in [0, 0.05) is 11.6 Å². The second-order valence-corrected chi connectivity index (χ2v) is 5.33. The van der Waals surface area contributed by atoms with Crippen molar-refractivity contribution in [1.29, 1.82) is 0 Å². The van der Waals surface area contributed by atoms with E-state index < -0.39 is 0 Å². The lowest BCUT2D eigenvalue weighted by molar-refractivity contribution is 0.107. The minimum atomic E-state index is 0.0388. The van der Waals surface area contributed by atoms with Crippen molar-refractivity contribution in [1.82, 2.24) is 10.1 Å². The molecule has 0 aliphatic heterocycles. The summed E-state index contributed by atoms with van der Waals surface area (Å²) in [6, 6.07) is 12.8. The zero-order valence-corrected chi connectivity index (χ0v) is 15.2. The number of oxime groups is 1. The Hall–Kier alpha value is -3.55. The fourth-order valence-electron chi connectivity index (χ4n) is 2.37. The Morgan fingerprint density at radius 3 is 2.59 bits per heavy atom. The summed E-state index contributed by atoms with van der Waals surface area (Å²) in [5.74, 6) is 2.64. The molecule has 0 saturated heterocycles. The number of hydrogen-bond donors (Lipinski definition) is 0. The van der Waals surface area contributed by atoms with E-state index in [9.17, 15) is 0 Å². The van der Waals surface area contributed by atoms with Gasteiger partial charge >= 0.3 is 0 Å². The van der Waals surface area contributed by atoms with Crippen LogP contribution in [-0.2, 0) is 11.4 Å². The first-order chi connectivity index (χ1) is 13.2. The SMILES string of the molecule is COc1ccc(-c2noc(CO/N=C\c3ccccc3OC)n2)c(OC)c1. The van der Waals surface area contributed by atoms with E-state index in [0.717, 1.165) is 5.56 Å². The van der Waals surface area contributed by atoms with Crippen molar-refractivity contribution in [2.45, 2.75) is 6.61 Å². The third-order valence-electron chi connectivity index (χ3n) is 3.71. The zero-order chi connectivity index (χ0) is 19.1. The van der Waals surface area contributed by atoms with Crippen LogP contribution in [0.1, 0.15) is 11.5 Å². The molecule has 0 bridgehead atoms. The number of para-hydroxylation sites is 1. The van der Waals surface area contributed by atoms with Gasteiger partial charge in [-0.3, -0.25) is 0 Å². The van der Waals surface area contributed by atoms with Crippen LogP contribution in [0.15, 0.2) is 52.1 Å². The quantitative estimate of drug-likeness (QED) is 0.444.